The molecule has 0 saturated carbocycles. The van der Waals surface area contributed by atoms with Crippen molar-refractivity contribution in [2.45, 2.75) is 169 Å². The molecule has 0 aliphatic heterocycles. The molecule has 1 aromatic heterocycles. The van der Waals surface area contributed by atoms with E-state index < -0.39 is 163 Å². The van der Waals surface area contributed by atoms with Crippen molar-refractivity contribution in [2.24, 2.45) is 11.1 Å². The minimum atomic E-state index is -1.80. The van der Waals surface area contributed by atoms with Crippen LogP contribution in [-0.2, 0) is 70.5 Å². The molecule has 4 rings (SSSR count). The number of aliphatic hydroxyl groups is 1. The summed E-state index contributed by atoms with van der Waals surface area (Å²) in [6.07, 6.45) is -1.55. The first-order valence-electron chi connectivity index (χ1n) is 28.8. The van der Waals surface area contributed by atoms with Gasteiger partial charge in [-0.05, 0) is 109 Å². The van der Waals surface area contributed by atoms with Gasteiger partial charge in [0.2, 0.25) is 41.4 Å². The van der Waals surface area contributed by atoms with Crippen LogP contribution in [0.4, 0.5) is 13.6 Å². The second-order valence-corrected chi connectivity index (χ2v) is 24.4. The highest BCUT2D eigenvalue weighted by Crippen LogP contribution is 2.41. The summed E-state index contributed by atoms with van der Waals surface area (Å²) in [5.74, 6) is -9.42. The largest absolute Gasteiger partial charge is 0.460 e. The number of halogens is 2. The number of alkyl carbamates (subject to hydrolysis) is 1. The van der Waals surface area contributed by atoms with Crippen LogP contribution in [0.3, 0.4) is 0 Å². The van der Waals surface area contributed by atoms with E-state index in [0.29, 0.717) is 11.3 Å². The molecule has 0 bridgehead atoms. The number of nitrogens with two attached hydrogens (primary N) is 1. The summed E-state index contributed by atoms with van der Waals surface area (Å²) in [5.41, 5.74) is 4.90. The van der Waals surface area contributed by atoms with Crippen LogP contribution in [0.1, 0.15) is 131 Å². The number of aromatic nitrogens is 1. The van der Waals surface area contributed by atoms with Gasteiger partial charge in [-0.15, -0.1) is 0 Å². The highest BCUT2D eigenvalue weighted by Gasteiger charge is 2.39. The van der Waals surface area contributed by atoms with E-state index in [4.69, 9.17) is 19.9 Å². The molecule has 3 aromatic carbocycles. The van der Waals surface area contributed by atoms with Gasteiger partial charge in [0.15, 0.2) is 0 Å². The number of amides is 8. The molecule has 480 valence electrons. The predicted octanol–water partition coefficient (Wildman–Crippen LogP) is 5.24. The maximum absolute atomic E-state index is 15.5. The number of likely N-dealkylation sites (N-methyl/N-ethyl adjacent to an activating group) is 1. The molecule has 0 radical (unpaired) electrons. The van der Waals surface area contributed by atoms with Crippen LogP contribution in [0.15, 0.2) is 91.1 Å². The zero-order valence-corrected chi connectivity index (χ0v) is 52.1. The van der Waals surface area contributed by atoms with Crippen molar-refractivity contribution in [3.05, 3.63) is 120 Å². The van der Waals surface area contributed by atoms with Gasteiger partial charge in [0.1, 0.15) is 66.3 Å². The zero-order chi connectivity index (χ0) is 65.8. The molecule has 0 saturated heterocycles. The minimum Gasteiger partial charge on any atom is -0.460 e. The van der Waals surface area contributed by atoms with Gasteiger partial charge in [-0.1, -0.05) is 81.4 Å². The van der Waals surface area contributed by atoms with E-state index >= 15 is 4.39 Å². The standard InChI is InChI=1S/C63H85F2N9O14/c1-38(68-60(85)86-37-41-21-17-14-18-22-41)58(83)72(12)39(2)55(80)71-48(33-50(66)76)57(82)70-46(56(81)67-29-27-51(77)69-47(59(84)88-63(9,10)11)25-26-53(79)87-62(6,7)8)28-30-74(52(78)36-75)54(61(3,4)5)49-31-42(44-32-43(64)23-24-45(44)65)35-73(49)34-40-19-15-13-16-20-40/h13-24,31-32,35,38-39,46-48,54,75H,25-30,33-34,36-37H2,1-12H3,(H2,66,76)(H,67,81)(H,68,85)(H,69,77)(H,70,82)(H,71,80)/t38-,39-,46-,47+,48-,54-/m0/s1. The Hall–Kier alpha value is -8.74. The van der Waals surface area contributed by atoms with E-state index in [0.717, 1.165) is 28.7 Å². The summed E-state index contributed by atoms with van der Waals surface area (Å²) in [4.78, 5) is 138. The zero-order valence-electron chi connectivity index (χ0n) is 52.1. The number of nitrogens with zero attached hydrogens (tertiary/aromatic N) is 3. The first-order valence-corrected chi connectivity index (χ1v) is 28.8. The van der Waals surface area contributed by atoms with E-state index in [1.54, 1.807) is 109 Å². The number of hydrogen-bond donors (Lipinski definition) is 7. The Morgan fingerprint density at radius 1 is 0.693 bits per heavy atom. The van der Waals surface area contributed by atoms with Crippen molar-refractivity contribution >= 4 is 59.4 Å². The third kappa shape index (κ3) is 23.2. The normalized spacial score (nSPS) is 13.6. The van der Waals surface area contributed by atoms with Gasteiger partial charge < -0.3 is 66.0 Å². The Labute approximate surface area is 512 Å². The molecule has 23 nitrogen and oxygen atoms in total. The number of carbonyl (C=O) groups excluding carboxylic acids is 10. The molecule has 8 amide bonds. The lowest BCUT2D eigenvalue weighted by Crippen LogP contribution is -2.58. The van der Waals surface area contributed by atoms with E-state index in [9.17, 15) is 57.4 Å². The van der Waals surface area contributed by atoms with Crippen LogP contribution < -0.4 is 32.3 Å². The van der Waals surface area contributed by atoms with Gasteiger partial charge in [0.05, 0.1) is 12.5 Å². The number of hydrogen-bond acceptors (Lipinski definition) is 14. The summed E-state index contributed by atoms with van der Waals surface area (Å²) in [6.45, 7) is 16.1. The second-order valence-electron chi connectivity index (χ2n) is 24.4. The first kappa shape index (κ1) is 71.7. The highest BCUT2D eigenvalue weighted by atomic mass is 19.1. The van der Waals surface area contributed by atoms with Gasteiger partial charge in [-0.3, -0.25) is 38.4 Å². The lowest BCUT2D eigenvalue weighted by atomic mass is 9.82. The number of rotatable bonds is 29. The summed E-state index contributed by atoms with van der Waals surface area (Å²) in [5, 5.41) is 23.1. The van der Waals surface area contributed by atoms with Gasteiger partial charge >= 0.3 is 18.0 Å². The average Bonchev–Trinajstić information content (AvgIpc) is 2.48. The predicted molar refractivity (Wildman–Crippen MR) is 321 cm³/mol. The number of esters is 2. The molecule has 0 spiro atoms. The van der Waals surface area contributed by atoms with Crippen molar-refractivity contribution in [1.29, 1.82) is 0 Å². The molecule has 4 aromatic rings. The third-order valence-corrected chi connectivity index (χ3v) is 13.5. The van der Waals surface area contributed by atoms with Gasteiger partial charge in [0, 0.05) is 62.5 Å². The molecule has 6 atom stereocenters. The van der Waals surface area contributed by atoms with Crippen molar-refractivity contribution < 1.29 is 76.0 Å². The highest BCUT2D eigenvalue weighted by molar-refractivity contribution is 5.97. The first-order chi connectivity index (χ1) is 41.1. The van der Waals surface area contributed by atoms with Gasteiger partial charge in [-0.2, -0.15) is 0 Å². The quantitative estimate of drug-likeness (QED) is 0.0270. The Kier molecular flexibility index (Phi) is 26.3. The lowest BCUT2D eigenvalue weighted by molar-refractivity contribution is -0.160. The molecular formula is C63H85F2N9O14. The van der Waals surface area contributed by atoms with Crippen molar-refractivity contribution in [3.63, 3.8) is 0 Å². The Balaban J connectivity index is 1.69. The average molecular weight is 1230 g/mol. The molecular weight excluding hydrogens is 1140 g/mol. The number of primary amides is 1. The molecule has 0 aliphatic rings. The second kappa shape index (κ2) is 32.3. The Morgan fingerprint density at radius 3 is 1.88 bits per heavy atom. The molecule has 88 heavy (non-hydrogen) atoms. The molecule has 0 unspecified atom stereocenters. The van der Waals surface area contributed by atoms with Crippen LogP contribution in [0, 0.1) is 17.0 Å². The lowest BCUT2D eigenvalue weighted by Gasteiger charge is -2.41. The maximum atomic E-state index is 15.5. The minimum absolute atomic E-state index is 0.0800. The molecule has 0 fully saturated rings. The van der Waals surface area contributed by atoms with E-state index in [2.05, 4.69) is 26.6 Å². The van der Waals surface area contributed by atoms with Crippen LogP contribution >= 0.6 is 0 Å². The van der Waals surface area contributed by atoms with Crippen LogP contribution in [0.2, 0.25) is 0 Å². The number of aliphatic hydroxyl groups excluding tert-OH is 1. The molecule has 0 aliphatic carbocycles. The topological polar surface area (TPSA) is 316 Å². The van der Waals surface area contributed by atoms with Crippen molar-refractivity contribution in [3.8, 4) is 11.1 Å². The van der Waals surface area contributed by atoms with Gasteiger partial charge in [-0.25, -0.2) is 18.4 Å². The maximum Gasteiger partial charge on any atom is 0.408 e. The Morgan fingerprint density at radius 2 is 1.30 bits per heavy atom. The molecule has 25 heteroatoms. The fourth-order valence-electron chi connectivity index (χ4n) is 9.25. The summed E-state index contributed by atoms with van der Waals surface area (Å²) >= 11 is 0. The fraction of sp³-hybridized carbons (Fsp3) is 0.492. The molecule has 1 heterocycles. The Bertz CT molecular complexity index is 3090. The third-order valence-electron chi connectivity index (χ3n) is 13.5. The smallest absolute Gasteiger partial charge is 0.408 e. The SMILES string of the molecule is C[C@H](NC(=O)OCc1ccccc1)C(=O)N(C)[C@@H](C)C(=O)N[C@@H](CC(N)=O)C(=O)N[C@@H](CCN(C(=O)CO)[C@@H](c1cc(-c2cc(F)ccc2F)cn1Cc1ccccc1)C(C)(C)C)C(=O)NCCC(=O)N[C@H](CCC(=O)OC(C)(C)C)C(=O)OC(C)(C)C. The molecule has 8 N–H and O–H groups in total. The van der Waals surface area contributed by atoms with Crippen LogP contribution in [-0.4, -0.2) is 147 Å². The van der Waals surface area contributed by atoms with E-state index in [1.807, 2.05) is 30.3 Å². The van der Waals surface area contributed by atoms with Crippen molar-refractivity contribution in [2.75, 3.05) is 26.7 Å². The summed E-state index contributed by atoms with van der Waals surface area (Å²) < 4.78 is 48.1. The van der Waals surface area contributed by atoms with E-state index in [1.165, 1.54) is 25.8 Å². The monoisotopic (exact) mass is 1230 g/mol. The van der Waals surface area contributed by atoms with Crippen molar-refractivity contribution in [1.82, 2.24) is 41.0 Å². The summed E-state index contributed by atoms with van der Waals surface area (Å²) in [7, 11) is 1.26. The number of benzene rings is 3. The number of nitrogens with one attached hydrogen (secondary N) is 5. The number of ether oxygens (including phenoxy) is 3. The van der Waals surface area contributed by atoms with E-state index in [-0.39, 0.29) is 37.1 Å². The van der Waals surface area contributed by atoms with Crippen LogP contribution in [0.25, 0.3) is 11.1 Å². The summed E-state index contributed by atoms with van der Waals surface area (Å²) in [6, 6.07) is 14.1. The number of carbonyl (C=O) groups is 10. The van der Waals surface area contributed by atoms with Gasteiger partial charge in [0.25, 0.3) is 0 Å². The van der Waals surface area contributed by atoms with Crippen LogP contribution in [0.5, 0.6) is 0 Å². The fourth-order valence-corrected chi connectivity index (χ4v) is 9.25.